The van der Waals surface area contributed by atoms with Crippen LogP contribution >= 0.6 is 0 Å². The van der Waals surface area contributed by atoms with Gasteiger partial charge < -0.3 is 0 Å². The summed E-state index contributed by atoms with van der Waals surface area (Å²) in [5, 5.41) is 10.1. The van der Waals surface area contributed by atoms with Gasteiger partial charge in [0.2, 0.25) is 0 Å². The lowest BCUT2D eigenvalue weighted by Gasteiger charge is -2.14. The highest BCUT2D eigenvalue weighted by atomic mass is 15.2. The van der Waals surface area contributed by atoms with Crippen molar-refractivity contribution in [3.8, 4) is 62.1 Å². The first-order valence-corrected chi connectivity index (χ1v) is 18.9. The fraction of sp³-hybridized carbons (Fsp3) is 0. The lowest BCUT2D eigenvalue weighted by molar-refractivity contribution is 0.979. The molecule has 0 atom stereocenters. The summed E-state index contributed by atoms with van der Waals surface area (Å²) >= 11 is 0. The van der Waals surface area contributed by atoms with Gasteiger partial charge in [0.05, 0.1) is 27.9 Å². The molecule has 0 amide bonds. The molecular weight excluding hydrogens is 683 g/mol. The molecule has 0 spiro atoms. The molecule has 4 aromatic heterocycles. The largest absolute Gasteiger partial charge is 0.294 e. The van der Waals surface area contributed by atoms with E-state index < -0.39 is 0 Å². The minimum Gasteiger partial charge on any atom is -0.294 e. The Kier molecular flexibility index (Phi) is 7.42. The summed E-state index contributed by atoms with van der Waals surface area (Å²) in [5.41, 5.74) is 12.4. The van der Waals surface area contributed by atoms with Gasteiger partial charge in [-0.25, -0.2) is 14.5 Å². The number of hydrogen-bond donors (Lipinski definition) is 0. The first-order chi connectivity index (χ1) is 27.8. The first kappa shape index (κ1) is 31.9. The van der Waals surface area contributed by atoms with Gasteiger partial charge in [-0.15, -0.1) is 0 Å². The molecule has 0 N–H and O–H groups in total. The zero-order chi connectivity index (χ0) is 37.0. The molecular formula is C51H33N5. The van der Waals surface area contributed by atoms with Crippen LogP contribution < -0.4 is 0 Å². The standard InChI is InChI=1S/C51H33N5/c1-4-17-34(18-5-1)48-49(35-19-6-2-7-20-35)54-56-46(32-37-23-10-11-26-40(37)50(48)56)39-25-16-24-38(31-39)43-33-47(53-51(52-43)36-21-8-3-9-22-36)55-44-29-14-12-27-41(44)42-28-13-15-30-45(42)55/h1-33H. The van der Waals surface area contributed by atoms with Crippen molar-refractivity contribution in [2.75, 3.05) is 0 Å². The first-order valence-electron chi connectivity index (χ1n) is 18.9. The van der Waals surface area contributed by atoms with E-state index >= 15 is 0 Å². The number of hydrogen-bond acceptors (Lipinski definition) is 3. The number of benzene rings is 7. The number of nitrogens with zero attached hydrogens (tertiary/aromatic N) is 5. The van der Waals surface area contributed by atoms with Crippen molar-refractivity contribution >= 4 is 38.1 Å². The molecule has 0 bridgehead atoms. The Morgan fingerprint density at radius 2 is 0.946 bits per heavy atom. The van der Waals surface area contributed by atoms with E-state index in [0.717, 1.165) is 83.6 Å². The molecule has 0 radical (unpaired) electrons. The molecule has 7 aromatic carbocycles. The maximum atomic E-state index is 5.44. The fourth-order valence-electron chi connectivity index (χ4n) is 8.19. The lowest BCUT2D eigenvalue weighted by Crippen LogP contribution is -2.02. The van der Waals surface area contributed by atoms with Crippen LogP contribution in [-0.2, 0) is 0 Å². The van der Waals surface area contributed by atoms with E-state index in [-0.39, 0.29) is 0 Å². The normalized spacial score (nSPS) is 11.6. The SMILES string of the molecule is c1ccc(-c2nc(-c3cccc(-c4cc5ccccc5c5c(-c6ccccc6)c(-c6ccccc6)nn45)c3)cc(-n3c4ccccc4c4ccccc43)n2)cc1. The van der Waals surface area contributed by atoms with E-state index in [0.29, 0.717) is 5.82 Å². The van der Waals surface area contributed by atoms with Crippen LogP contribution in [-0.4, -0.2) is 24.1 Å². The third kappa shape index (κ3) is 5.21. The number of aromatic nitrogens is 5. The van der Waals surface area contributed by atoms with Crippen molar-refractivity contribution < 1.29 is 0 Å². The third-order valence-corrected chi connectivity index (χ3v) is 10.7. The number of rotatable bonds is 6. The highest BCUT2D eigenvalue weighted by Crippen LogP contribution is 2.41. The topological polar surface area (TPSA) is 48.0 Å². The van der Waals surface area contributed by atoms with Crippen LogP contribution in [0.25, 0.3) is 100 Å². The van der Waals surface area contributed by atoms with Crippen molar-refractivity contribution in [2.45, 2.75) is 0 Å². The van der Waals surface area contributed by atoms with Crippen LogP contribution in [0.2, 0.25) is 0 Å². The van der Waals surface area contributed by atoms with Gasteiger partial charge in [-0.2, -0.15) is 5.10 Å². The summed E-state index contributed by atoms with van der Waals surface area (Å²) in [6.45, 7) is 0. The summed E-state index contributed by atoms with van der Waals surface area (Å²) in [4.78, 5) is 10.5. The molecule has 11 rings (SSSR count). The highest BCUT2D eigenvalue weighted by molar-refractivity contribution is 6.10. The average Bonchev–Trinajstić information content (AvgIpc) is 3.84. The smallest absolute Gasteiger partial charge is 0.162 e. The van der Waals surface area contributed by atoms with Crippen molar-refractivity contribution in [2.24, 2.45) is 0 Å². The van der Waals surface area contributed by atoms with Crippen molar-refractivity contribution in [3.63, 3.8) is 0 Å². The number of fused-ring (bicyclic) bond motifs is 6. The Labute approximate surface area is 323 Å². The molecule has 0 saturated carbocycles. The molecule has 0 fully saturated rings. The van der Waals surface area contributed by atoms with E-state index in [1.54, 1.807) is 0 Å². The summed E-state index contributed by atoms with van der Waals surface area (Å²) in [6, 6.07) is 70.1. The second-order valence-electron chi connectivity index (χ2n) is 14.1. The molecule has 0 saturated heterocycles. The van der Waals surface area contributed by atoms with Gasteiger partial charge in [0.15, 0.2) is 5.82 Å². The highest BCUT2D eigenvalue weighted by Gasteiger charge is 2.22. The van der Waals surface area contributed by atoms with Crippen LogP contribution in [0.3, 0.4) is 0 Å². The quantitative estimate of drug-likeness (QED) is 0.172. The summed E-state index contributed by atoms with van der Waals surface area (Å²) in [7, 11) is 0. The Bertz CT molecular complexity index is 3180. The molecule has 11 aromatic rings. The third-order valence-electron chi connectivity index (χ3n) is 10.7. The second kappa shape index (κ2) is 13.0. The Morgan fingerprint density at radius 3 is 1.64 bits per heavy atom. The van der Waals surface area contributed by atoms with Crippen LogP contribution in [0.15, 0.2) is 200 Å². The predicted octanol–water partition coefficient (Wildman–Crippen LogP) is 12.7. The molecule has 5 nitrogen and oxygen atoms in total. The van der Waals surface area contributed by atoms with Crippen LogP contribution in [0.5, 0.6) is 0 Å². The van der Waals surface area contributed by atoms with E-state index in [4.69, 9.17) is 15.1 Å². The zero-order valence-electron chi connectivity index (χ0n) is 30.3. The lowest BCUT2D eigenvalue weighted by atomic mass is 9.96. The van der Waals surface area contributed by atoms with Gasteiger partial charge in [0, 0.05) is 50.0 Å². The van der Waals surface area contributed by atoms with Gasteiger partial charge in [-0.3, -0.25) is 4.57 Å². The average molecular weight is 716 g/mol. The van der Waals surface area contributed by atoms with Crippen LogP contribution in [0, 0.1) is 0 Å². The molecule has 0 unspecified atom stereocenters. The molecule has 262 valence electrons. The van der Waals surface area contributed by atoms with Crippen molar-refractivity contribution in [3.05, 3.63) is 200 Å². The van der Waals surface area contributed by atoms with Crippen LogP contribution in [0.1, 0.15) is 0 Å². The van der Waals surface area contributed by atoms with Crippen LogP contribution in [0.4, 0.5) is 0 Å². The number of pyridine rings is 1. The Morgan fingerprint density at radius 1 is 0.393 bits per heavy atom. The maximum Gasteiger partial charge on any atom is 0.162 e. The molecule has 0 aliphatic carbocycles. The molecule has 5 heteroatoms. The van der Waals surface area contributed by atoms with E-state index in [1.165, 1.54) is 10.8 Å². The Hall–Kier alpha value is -7.63. The van der Waals surface area contributed by atoms with Gasteiger partial charge in [0.25, 0.3) is 0 Å². The summed E-state index contributed by atoms with van der Waals surface area (Å²) in [5.74, 6) is 1.49. The van der Waals surface area contributed by atoms with Gasteiger partial charge >= 0.3 is 0 Å². The van der Waals surface area contributed by atoms with E-state index in [1.807, 2.05) is 18.2 Å². The van der Waals surface area contributed by atoms with Crippen molar-refractivity contribution in [1.82, 2.24) is 24.1 Å². The second-order valence-corrected chi connectivity index (χ2v) is 14.1. The molecule has 0 aliphatic rings. The van der Waals surface area contributed by atoms with Crippen molar-refractivity contribution in [1.29, 1.82) is 0 Å². The summed E-state index contributed by atoms with van der Waals surface area (Å²) < 4.78 is 4.41. The van der Waals surface area contributed by atoms with E-state index in [9.17, 15) is 0 Å². The van der Waals surface area contributed by atoms with E-state index in [2.05, 4.69) is 191 Å². The zero-order valence-corrected chi connectivity index (χ0v) is 30.3. The van der Waals surface area contributed by atoms with Gasteiger partial charge in [-0.1, -0.05) is 170 Å². The predicted molar refractivity (Wildman–Crippen MR) is 230 cm³/mol. The Balaban J connectivity index is 1.16. The minimum absolute atomic E-state index is 0.672. The summed E-state index contributed by atoms with van der Waals surface area (Å²) in [6.07, 6.45) is 0. The maximum absolute atomic E-state index is 5.44. The molecule has 0 aliphatic heterocycles. The fourth-order valence-corrected chi connectivity index (χ4v) is 8.19. The molecule has 4 heterocycles. The number of para-hydroxylation sites is 2. The monoisotopic (exact) mass is 715 g/mol. The minimum atomic E-state index is 0.672. The van der Waals surface area contributed by atoms with Gasteiger partial charge in [-0.05, 0) is 35.2 Å². The molecule has 56 heavy (non-hydrogen) atoms. The van der Waals surface area contributed by atoms with Gasteiger partial charge in [0.1, 0.15) is 11.5 Å².